The molecule has 0 bridgehead atoms. The molecule has 0 spiro atoms. The van der Waals surface area contributed by atoms with E-state index >= 15 is 0 Å². The fourth-order valence-electron chi connectivity index (χ4n) is 1.33. The van der Waals surface area contributed by atoms with Crippen molar-refractivity contribution in [3.8, 4) is 0 Å². The summed E-state index contributed by atoms with van der Waals surface area (Å²) in [5, 5.41) is 5.65. The summed E-state index contributed by atoms with van der Waals surface area (Å²) in [6.07, 6.45) is 3.37. The molecule has 0 atom stereocenters. The fraction of sp³-hybridized carbons (Fsp3) is 0.667. The molecule has 2 N–H and O–H groups in total. The quantitative estimate of drug-likeness (QED) is 0.788. The van der Waals surface area contributed by atoms with Gasteiger partial charge in [-0.3, -0.25) is 0 Å². The van der Waals surface area contributed by atoms with Crippen molar-refractivity contribution in [3.63, 3.8) is 0 Å². The lowest BCUT2D eigenvalue weighted by Gasteiger charge is -2.38. The maximum absolute atomic E-state index is 11.3. The van der Waals surface area contributed by atoms with Crippen LogP contribution in [0, 0.1) is 0 Å². The zero-order valence-electron chi connectivity index (χ0n) is 7.82. The van der Waals surface area contributed by atoms with Gasteiger partial charge in [-0.1, -0.05) is 22.5 Å². The number of halogens is 1. The van der Waals surface area contributed by atoms with Crippen LogP contribution in [-0.4, -0.2) is 18.1 Å². The van der Waals surface area contributed by atoms with Gasteiger partial charge in [0.2, 0.25) is 0 Å². The molecule has 1 saturated carbocycles. The average molecular weight is 247 g/mol. The second-order valence-corrected chi connectivity index (χ2v) is 4.86. The first kappa shape index (κ1) is 10.6. The van der Waals surface area contributed by atoms with Crippen molar-refractivity contribution < 1.29 is 4.79 Å². The number of nitrogens with one attached hydrogen (secondary N) is 2. The minimum absolute atomic E-state index is 0.0255. The monoisotopic (exact) mass is 246 g/mol. The highest BCUT2D eigenvalue weighted by atomic mass is 79.9. The van der Waals surface area contributed by atoms with E-state index in [1.807, 2.05) is 0 Å². The van der Waals surface area contributed by atoms with Crippen molar-refractivity contribution in [3.05, 3.63) is 11.1 Å². The highest BCUT2D eigenvalue weighted by molar-refractivity contribution is 9.11. The van der Waals surface area contributed by atoms with E-state index in [9.17, 15) is 4.79 Å². The molecule has 0 radical (unpaired) electrons. The lowest BCUT2D eigenvalue weighted by atomic mass is 9.79. The van der Waals surface area contributed by atoms with E-state index in [-0.39, 0.29) is 11.6 Å². The molecule has 0 aromatic heterocycles. The highest BCUT2D eigenvalue weighted by Crippen LogP contribution is 2.30. The summed E-state index contributed by atoms with van der Waals surface area (Å²) >= 11 is 3.18. The van der Waals surface area contributed by atoms with E-state index in [0.29, 0.717) is 6.54 Å². The smallest absolute Gasteiger partial charge is 0.315 e. The van der Waals surface area contributed by atoms with Gasteiger partial charge in [0.05, 0.1) is 6.54 Å². The maximum atomic E-state index is 11.3. The Labute approximate surface area is 87.1 Å². The van der Waals surface area contributed by atoms with Gasteiger partial charge in [0, 0.05) is 10.0 Å². The Morgan fingerprint density at radius 3 is 2.62 bits per heavy atom. The zero-order valence-corrected chi connectivity index (χ0v) is 9.41. The summed E-state index contributed by atoms with van der Waals surface area (Å²) in [6.45, 7) is 6.17. The first-order chi connectivity index (χ1) is 6.02. The molecule has 1 fully saturated rings. The number of carbonyl (C=O) groups is 1. The molecule has 1 aliphatic carbocycles. The molecule has 0 unspecified atom stereocenters. The Kier molecular flexibility index (Phi) is 3.36. The van der Waals surface area contributed by atoms with Crippen molar-refractivity contribution in [2.24, 2.45) is 0 Å². The van der Waals surface area contributed by atoms with Crippen molar-refractivity contribution in [2.75, 3.05) is 6.54 Å². The van der Waals surface area contributed by atoms with E-state index in [1.54, 1.807) is 0 Å². The van der Waals surface area contributed by atoms with Crippen molar-refractivity contribution in [1.29, 1.82) is 0 Å². The van der Waals surface area contributed by atoms with Crippen LogP contribution in [0.3, 0.4) is 0 Å². The largest absolute Gasteiger partial charge is 0.334 e. The van der Waals surface area contributed by atoms with Gasteiger partial charge in [-0.05, 0) is 26.2 Å². The standard InChI is InChI=1S/C9H15BrN2O/c1-7(10)6-11-8(13)12-9(2)4-3-5-9/h1,3-6H2,2H3,(H2,11,12,13). The first-order valence-electron chi connectivity index (χ1n) is 4.41. The van der Waals surface area contributed by atoms with Crippen LogP contribution in [0.1, 0.15) is 26.2 Å². The third-order valence-corrected chi connectivity index (χ3v) is 2.59. The number of rotatable bonds is 3. The molecular weight excluding hydrogens is 232 g/mol. The zero-order chi connectivity index (χ0) is 9.90. The molecule has 4 heteroatoms. The Morgan fingerprint density at radius 2 is 2.23 bits per heavy atom. The highest BCUT2D eigenvalue weighted by Gasteiger charge is 2.32. The van der Waals surface area contributed by atoms with Gasteiger partial charge >= 0.3 is 6.03 Å². The van der Waals surface area contributed by atoms with E-state index in [1.165, 1.54) is 6.42 Å². The summed E-state index contributed by atoms with van der Waals surface area (Å²) in [5.74, 6) is 0. The third-order valence-electron chi connectivity index (χ3n) is 2.31. The summed E-state index contributed by atoms with van der Waals surface area (Å²) in [5.41, 5.74) is 0.0255. The molecule has 74 valence electrons. The van der Waals surface area contributed by atoms with Crippen LogP contribution in [0.5, 0.6) is 0 Å². The van der Waals surface area contributed by atoms with Gasteiger partial charge in [0.1, 0.15) is 0 Å². The summed E-state index contributed by atoms with van der Waals surface area (Å²) in [7, 11) is 0. The van der Waals surface area contributed by atoms with Crippen LogP contribution in [-0.2, 0) is 0 Å². The van der Waals surface area contributed by atoms with Crippen LogP contribution >= 0.6 is 15.9 Å². The summed E-state index contributed by atoms with van der Waals surface area (Å²) < 4.78 is 0.779. The second kappa shape index (κ2) is 4.13. The number of carbonyl (C=O) groups excluding carboxylic acids is 1. The van der Waals surface area contributed by atoms with Crippen LogP contribution < -0.4 is 10.6 Å². The fourth-order valence-corrected chi connectivity index (χ4v) is 1.47. The lowest BCUT2D eigenvalue weighted by Crippen LogP contribution is -2.54. The van der Waals surface area contributed by atoms with Gasteiger partial charge in [0.25, 0.3) is 0 Å². The predicted molar refractivity (Wildman–Crippen MR) is 56.9 cm³/mol. The topological polar surface area (TPSA) is 41.1 Å². The molecule has 1 rings (SSSR count). The second-order valence-electron chi connectivity index (χ2n) is 3.74. The molecule has 0 aromatic carbocycles. The molecule has 13 heavy (non-hydrogen) atoms. The Morgan fingerprint density at radius 1 is 1.62 bits per heavy atom. The SMILES string of the molecule is C=C(Br)CNC(=O)NC1(C)CCC1. The molecule has 0 heterocycles. The molecule has 0 aromatic rings. The van der Waals surface area contributed by atoms with E-state index in [2.05, 4.69) is 40.1 Å². The summed E-state index contributed by atoms with van der Waals surface area (Å²) in [4.78, 5) is 11.3. The molecule has 0 aliphatic heterocycles. The van der Waals surface area contributed by atoms with Crippen molar-refractivity contribution in [1.82, 2.24) is 10.6 Å². The lowest BCUT2D eigenvalue weighted by molar-refractivity contribution is 0.192. The number of amides is 2. The molecule has 3 nitrogen and oxygen atoms in total. The van der Waals surface area contributed by atoms with E-state index in [0.717, 1.165) is 17.3 Å². The molecular formula is C9H15BrN2O. The maximum Gasteiger partial charge on any atom is 0.315 e. The molecule has 0 saturated heterocycles. The number of urea groups is 1. The van der Waals surface area contributed by atoms with Crippen LogP contribution in [0.25, 0.3) is 0 Å². The first-order valence-corrected chi connectivity index (χ1v) is 5.20. The Hall–Kier alpha value is -0.510. The van der Waals surface area contributed by atoms with Crippen LogP contribution in [0.4, 0.5) is 4.79 Å². The van der Waals surface area contributed by atoms with Gasteiger partial charge < -0.3 is 10.6 Å². The van der Waals surface area contributed by atoms with Crippen LogP contribution in [0.15, 0.2) is 11.1 Å². The third kappa shape index (κ3) is 3.38. The number of hydrogen-bond acceptors (Lipinski definition) is 1. The van der Waals surface area contributed by atoms with Gasteiger partial charge in [-0.25, -0.2) is 4.79 Å². The van der Waals surface area contributed by atoms with Gasteiger partial charge in [-0.2, -0.15) is 0 Å². The minimum atomic E-state index is -0.109. The van der Waals surface area contributed by atoms with Crippen molar-refractivity contribution >= 4 is 22.0 Å². The Bertz CT molecular complexity index is 224. The van der Waals surface area contributed by atoms with Crippen molar-refractivity contribution in [2.45, 2.75) is 31.7 Å². The Balaban J connectivity index is 2.21. The van der Waals surface area contributed by atoms with Gasteiger partial charge in [-0.15, -0.1) is 0 Å². The normalized spacial score (nSPS) is 18.6. The van der Waals surface area contributed by atoms with Gasteiger partial charge in [0.15, 0.2) is 0 Å². The molecule has 1 aliphatic rings. The predicted octanol–water partition coefficient (Wildman–Crippen LogP) is 2.14. The summed E-state index contributed by atoms with van der Waals surface area (Å²) in [6, 6.07) is -0.109. The van der Waals surface area contributed by atoms with E-state index < -0.39 is 0 Å². The van der Waals surface area contributed by atoms with Crippen LogP contribution in [0.2, 0.25) is 0 Å². The molecule has 2 amide bonds. The minimum Gasteiger partial charge on any atom is -0.334 e. The number of hydrogen-bond donors (Lipinski definition) is 2. The van der Waals surface area contributed by atoms with E-state index in [4.69, 9.17) is 0 Å². The average Bonchev–Trinajstić information content (AvgIpc) is 1.98.